The van der Waals surface area contributed by atoms with Crippen molar-refractivity contribution in [3.05, 3.63) is 80.3 Å². The van der Waals surface area contributed by atoms with E-state index in [0.717, 1.165) is 10.1 Å². The van der Waals surface area contributed by atoms with Crippen molar-refractivity contribution in [2.45, 2.75) is 6.92 Å². The van der Waals surface area contributed by atoms with E-state index in [2.05, 4.69) is 10.4 Å². The summed E-state index contributed by atoms with van der Waals surface area (Å²) in [6.07, 6.45) is 0. The molecule has 0 aliphatic carbocycles. The van der Waals surface area contributed by atoms with Crippen LogP contribution in [-0.2, 0) is 0 Å². The smallest absolute Gasteiger partial charge is 0.269 e. The molecular weight excluding hydrogens is 400 g/mol. The molecule has 4 aromatic rings. The number of carbonyl (C=O) groups excluding carboxylic acids is 1. The van der Waals surface area contributed by atoms with Gasteiger partial charge in [0.2, 0.25) is 0 Å². The van der Waals surface area contributed by atoms with E-state index in [9.17, 15) is 14.9 Å². The molecule has 2 heterocycles. The van der Waals surface area contributed by atoms with Crippen LogP contribution in [0, 0.1) is 17.0 Å². The molecule has 2 aromatic heterocycles. The molecule has 0 atom stereocenters. The summed E-state index contributed by atoms with van der Waals surface area (Å²) >= 11 is 7.71. The zero-order valence-electron chi connectivity index (χ0n) is 14.5. The van der Waals surface area contributed by atoms with Crippen molar-refractivity contribution in [1.82, 2.24) is 9.78 Å². The zero-order valence-corrected chi connectivity index (χ0v) is 16.1. The van der Waals surface area contributed by atoms with E-state index >= 15 is 0 Å². The lowest BCUT2D eigenvalue weighted by Crippen LogP contribution is -2.14. The molecule has 0 aliphatic heterocycles. The predicted octanol–water partition coefficient (Wildman–Crippen LogP) is 5.21. The second-order valence-corrected chi connectivity index (χ2v) is 7.48. The molecule has 0 radical (unpaired) electrons. The highest BCUT2D eigenvalue weighted by Gasteiger charge is 2.19. The van der Waals surface area contributed by atoms with Crippen molar-refractivity contribution in [3.8, 4) is 5.69 Å². The highest BCUT2D eigenvalue weighted by molar-refractivity contribution is 7.21. The first kappa shape index (κ1) is 18.1. The summed E-state index contributed by atoms with van der Waals surface area (Å²) < 4.78 is 2.45. The number of rotatable bonds is 4. The molecule has 28 heavy (non-hydrogen) atoms. The number of carbonyl (C=O) groups is 1. The maximum Gasteiger partial charge on any atom is 0.269 e. The molecule has 0 saturated carbocycles. The molecule has 1 amide bonds. The number of anilines is 1. The molecule has 9 heteroatoms. The van der Waals surface area contributed by atoms with Gasteiger partial charge in [-0.1, -0.05) is 29.8 Å². The summed E-state index contributed by atoms with van der Waals surface area (Å²) in [6.45, 7) is 1.80. The summed E-state index contributed by atoms with van der Waals surface area (Å²) in [6, 6.07) is 15.2. The number of nitro benzene ring substituents is 1. The number of non-ortho nitro benzene ring substituents is 1. The van der Waals surface area contributed by atoms with Crippen LogP contribution in [0.1, 0.15) is 15.4 Å². The van der Waals surface area contributed by atoms with Crippen molar-refractivity contribution in [3.63, 3.8) is 0 Å². The van der Waals surface area contributed by atoms with Crippen LogP contribution >= 0.6 is 22.9 Å². The van der Waals surface area contributed by atoms with E-state index < -0.39 is 4.92 Å². The SMILES string of the molecule is Cc1cc(NC(=O)c2sc3ccccc3c2Cl)n(-c2ccc([N+](=O)[O-])cc2)n1. The molecule has 2 aromatic carbocycles. The topological polar surface area (TPSA) is 90.1 Å². The molecule has 0 spiro atoms. The van der Waals surface area contributed by atoms with Crippen molar-refractivity contribution < 1.29 is 9.72 Å². The van der Waals surface area contributed by atoms with Gasteiger partial charge in [-0.15, -0.1) is 11.3 Å². The Hall–Kier alpha value is -3.23. The molecule has 0 unspecified atom stereocenters. The quantitative estimate of drug-likeness (QED) is 0.368. The average molecular weight is 413 g/mol. The second kappa shape index (κ2) is 7.06. The Labute approximate surface area is 168 Å². The van der Waals surface area contributed by atoms with E-state index in [1.807, 2.05) is 24.3 Å². The Balaban J connectivity index is 1.67. The fourth-order valence-corrected chi connectivity index (χ4v) is 4.25. The van der Waals surface area contributed by atoms with Crippen LogP contribution in [0.5, 0.6) is 0 Å². The van der Waals surface area contributed by atoms with Crippen LogP contribution in [-0.4, -0.2) is 20.6 Å². The van der Waals surface area contributed by atoms with Gasteiger partial charge in [0, 0.05) is 28.3 Å². The van der Waals surface area contributed by atoms with Gasteiger partial charge in [-0.3, -0.25) is 14.9 Å². The molecule has 0 aliphatic rings. The van der Waals surface area contributed by atoms with Gasteiger partial charge in [-0.25, -0.2) is 4.68 Å². The molecule has 0 fully saturated rings. The Morgan fingerprint density at radius 1 is 1.21 bits per heavy atom. The Morgan fingerprint density at radius 3 is 2.61 bits per heavy atom. The minimum atomic E-state index is -0.468. The molecule has 0 saturated heterocycles. The number of amides is 1. The molecular formula is C19H13ClN4O3S. The monoisotopic (exact) mass is 412 g/mol. The van der Waals surface area contributed by atoms with Crippen LogP contribution < -0.4 is 5.32 Å². The first-order chi connectivity index (χ1) is 13.4. The van der Waals surface area contributed by atoms with E-state index in [1.165, 1.54) is 28.2 Å². The third kappa shape index (κ3) is 3.23. The van der Waals surface area contributed by atoms with Crippen LogP contribution in [0.3, 0.4) is 0 Å². The minimum absolute atomic E-state index is 0.0183. The number of aromatic nitrogens is 2. The number of halogens is 1. The van der Waals surface area contributed by atoms with E-state index in [4.69, 9.17) is 11.6 Å². The number of hydrogen-bond acceptors (Lipinski definition) is 5. The Morgan fingerprint density at radius 2 is 1.93 bits per heavy atom. The molecule has 1 N–H and O–H groups in total. The van der Waals surface area contributed by atoms with Crippen molar-refractivity contribution in [2.75, 3.05) is 5.32 Å². The highest BCUT2D eigenvalue weighted by Crippen LogP contribution is 2.35. The minimum Gasteiger partial charge on any atom is -0.306 e. The number of nitrogens with zero attached hydrogens (tertiary/aromatic N) is 3. The van der Waals surface area contributed by atoms with Gasteiger partial charge in [0.1, 0.15) is 10.7 Å². The summed E-state index contributed by atoms with van der Waals surface area (Å²) in [5.41, 5.74) is 1.27. The number of nitrogens with one attached hydrogen (secondary N) is 1. The summed E-state index contributed by atoms with van der Waals surface area (Å²) in [5.74, 6) is 0.110. The molecule has 4 rings (SSSR count). The molecule has 140 valence electrons. The fourth-order valence-electron chi connectivity index (χ4n) is 2.83. The van der Waals surface area contributed by atoms with Gasteiger partial charge in [0.05, 0.1) is 21.3 Å². The molecule has 0 bridgehead atoms. The maximum atomic E-state index is 12.8. The Bertz CT molecular complexity index is 1210. The van der Waals surface area contributed by atoms with Gasteiger partial charge in [0.15, 0.2) is 0 Å². The first-order valence-corrected chi connectivity index (χ1v) is 9.43. The largest absolute Gasteiger partial charge is 0.306 e. The van der Waals surface area contributed by atoms with Gasteiger partial charge < -0.3 is 5.32 Å². The number of fused-ring (bicyclic) bond motifs is 1. The van der Waals surface area contributed by atoms with Crippen LogP contribution in [0.25, 0.3) is 15.8 Å². The highest BCUT2D eigenvalue weighted by atomic mass is 35.5. The third-order valence-electron chi connectivity index (χ3n) is 4.12. The summed E-state index contributed by atoms with van der Waals surface area (Å²) in [7, 11) is 0. The maximum absolute atomic E-state index is 12.8. The third-order valence-corrected chi connectivity index (χ3v) is 5.79. The zero-order chi connectivity index (χ0) is 19.8. The van der Waals surface area contributed by atoms with E-state index in [1.54, 1.807) is 25.1 Å². The summed E-state index contributed by atoms with van der Waals surface area (Å²) in [5, 5.41) is 19.3. The number of nitro groups is 1. The number of thiophene rings is 1. The van der Waals surface area contributed by atoms with Gasteiger partial charge >= 0.3 is 0 Å². The normalized spacial score (nSPS) is 10.9. The lowest BCUT2D eigenvalue weighted by molar-refractivity contribution is -0.384. The van der Waals surface area contributed by atoms with Crippen LogP contribution in [0.2, 0.25) is 5.02 Å². The lowest BCUT2D eigenvalue weighted by Gasteiger charge is -2.08. The first-order valence-electron chi connectivity index (χ1n) is 8.24. The average Bonchev–Trinajstić information content (AvgIpc) is 3.22. The van der Waals surface area contributed by atoms with E-state index in [-0.39, 0.29) is 11.6 Å². The standard InChI is InChI=1S/C19H13ClN4O3S/c1-11-10-16(23(22-11)12-6-8-13(9-7-12)24(26)27)21-19(25)18-17(20)14-4-2-3-5-15(14)28-18/h2-10H,1H3,(H,21,25). The van der Waals surface area contributed by atoms with Crippen LogP contribution in [0.4, 0.5) is 11.5 Å². The van der Waals surface area contributed by atoms with Crippen molar-refractivity contribution in [1.29, 1.82) is 0 Å². The number of hydrogen-bond donors (Lipinski definition) is 1. The number of aryl methyl sites for hydroxylation is 1. The second-order valence-electron chi connectivity index (χ2n) is 6.05. The lowest BCUT2D eigenvalue weighted by atomic mass is 10.2. The fraction of sp³-hybridized carbons (Fsp3) is 0.0526. The molecule has 7 nitrogen and oxygen atoms in total. The number of benzene rings is 2. The van der Waals surface area contributed by atoms with Gasteiger partial charge in [-0.05, 0) is 25.1 Å². The van der Waals surface area contributed by atoms with Gasteiger partial charge in [0.25, 0.3) is 11.6 Å². The van der Waals surface area contributed by atoms with Crippen molar-refractivity contribution in [2.24, 2.45) is 0 Å². The van der Waals surface area contributed by atoms with Crippen LogP contribution in [0.15, 0.2) is 54.6 Å². The summed E-state index contributed by atoms with van der Waals surface area (Å²) in [4.78, 5) is 23.6. The predicted molar refractivity (Wildman–Crippen MR) is 110 cm³/mol. The van der Waals surface area contributed by atoms with Gasteiger partial charge in [-0.2, -0.15) is 5.10 Å². The Kier molecular flexibility index (Phi) is 4.58. The van der Waals surface area contributed by atoms with Crippen molar-refractivity contribution >= 4 is 50.4 Å². The van der Waals surface area contributed by atoms with E-state index in [0.29, 0.717) is 27.1 Å².